The second-order valence-electron chi connectivity index (χ2n) is 5.02. The maximum Gasteiger partial charge on any atom is 0.277 e. The van der Waals surface area contributed by atoms with Crippen LogP contribution in [0.2, 0.25) is 0 Å². The molecule has 2 rings (SSSR count). The fraction of sp³-hybridized carbons (Fsp3) is 0.176. The number of aryl methyl sites for hydroxylation is 2. The van der Waals surface area contributed by atoms with E-state index in [1.54, 1.807) is 12.1 Å². The van der Waals surface area contributed by atoms with Gasteiger partial charge in [0.2, 0.25) is 0 Å². The molecule has 120 valence electrons. The van der Waals surface area contributed by atoms with E-state index in [2.05, 4.69) is 26.5 Å². The molecule has 0 fully saturated rings. The van der Waals surface area contributed by atoms with Gasteiger partial charge in [-0.25, -0.2) is 9.82 Å². The van der Waals surface area contributed by atoms with E-state index in [1.165, 1.54) is 12.3 Å². The van der Waals surface area contributed by atoms with Gasteiger partial charge in [-0.3, -0.25) is 4.79 Å². The Morgan fingerprint density at radius 1 is 1.30 bits per heavy atom. The van der Waals surface area contributed by atoms with Gasteiger partial charge in [-0.15, -0.1) is 0 Å². The van der Waals surface area contributed by atoms with E-state index in [0.717, 1.165) is 15.6 Å². The average Bonchev–Trinajstić information content (AvgIpc) is 2.51. The Bertz CT molecular complexity index is 747. The van der Waals surface area contributed by atoms with Gasteiger partial charge in [0, 0.05) is 10.0 Å². The van der Waals surface area contributed by atoms with E-state index in [-0.39, 0.29) is 12.2 Å². The molecule has 0 unspecified atom stereocenters. The highest BCUT2D eigenvalue weighted by atomic mass is 79.9. The number of hydrazone groups is 1. The van der Waals surface area contributed by atoms with Gasteiger partial charge in [-0.05, 0) is 49.2 Å². The topological polar surface area (TPSA) is 50.7 Å². The summed E-state index contributed by atoms with van der Waals surface area (Å²) in [6, 6.07) is 10.2. The molecule has 0 aliphatic carbocycles. The quantitative estimate of drug-likeness (QED) is 0.636. The fourth-order valence-corrected chi connectivity index (χ4v) is 2.20. The molecular weight excluding hydrogens is 363 g/mol. The molecule has 0 radical (unpaired) electrons. The van der Waals surface area contributed by atoms with Crippen molar-refractivity contribution in [3.05, 3.63) is 63.4 Å². The van der Waals surface area contributed by atoms with Crippen molar-refractivity contribution in [2.45, 2.75) is 13.8 Å². The molecule has 2 aromatic rings. The SMILES string of the molecule is Cc1ccc(C)c(OCC(=O)N/N=C\c2cc(Br)ccc2F)c1. The number of nitrogens with one attached hydrogen (secondary N) is 1. The number of nitrogens with zero attached hydrogens (tertiary/aromatic N) is 1. The lowest BCUT2D eigenvalue weighted by molar-refractivity contribution is -0.123. The first kappa shape index (κ1) is 17.1. The molecule has 6 heteroatoms. The molecule has 0 aliphatic heterocycles. The number of hydrogen-bond acceptors (Lipinski definition) is 3. The molecule has 0 heterocycles. The average molecular weight is 379 g/mol. The van der Waals surface area contributed by atoms with E-state index >= 15 is 0 Å². The molecule has 0 saturated heterocycles. The molecule has 2 aromatic carbocycles. The standard InChI is InChI=1S/C17H16BrFN2O2/c1-11-3-4-12(2)16(7-11)23-10-17(22)21-20-9-13-8-14(18)5-6-15(13)19/h3-9H,10H2,1-2H3,(H,21,22)/b20-9-. The van der Waals surface area contributed by atoms with Crippen LogP contribution in [0.15, 0.2) is 46.0 Å². The number of hydrogen-bond donors (Lipinski definition) is 1. The van der Waals surface area contributed by atoms with E-state index < -0.39 is 11.7 Å². The summed E-state index contributed by atoms with van der Waals surface area (Å²) in [5, 5.41) is 3.73. The molecular formula is C17H16BrFN2O2. The first-order valence-corrected chi connectivity index (χ1v) is 7.72. The minimum Gasteiger partial charge on any atom is -0.483 e. The van der Waals surface area contributed by atoms with Crippen molar-refractivity contribution in [1.82, 2.24) is 5.43 Å². The first-order chi connectivity index (χ1) is 11.0. The number of rotatable bonds is 5. The smallest absolute Gasteiger partial charge is 0.277 e. The van der Waals surface area contributed by atoms with Gasteiger partial charge in [0.05, 0.1) is 6.21 Å². The lowest BCUT2D eigenvalue weighted by Gasteiger charge is -2.08. The molecule has 0 aromatic heterocycles. The van der Waals surface area contributed by atoms with E-state index in [9.17, 15) is 9.18 Å². The zero-order valence-corrected chi connectivity index (χ0v) is 14.4. The lowest BCUT2D eigenvalue weighted by atomic mass is 10.1. The van der Waals surface area contributed by atoms with Crippen LogP contribution in [0.4, 0.5) is 4.39 Å². The maximum atomic E-state index is 13.5. The minimum atomic E-state index is -0.419. The van der Waals surface area contributed by atoms with Crippen LogP contribution in [-0.4, -0.2) is 18.7 Å². The molecule has 1 N–H and O–H groups in total. The maximum absolute atomic E-state index is 13.5. The molecule has 1 amide bonds. The number of carbonyl (C=O) groups excluding carboxylic acids is 1. The number of halogens is 2. The monoisotopic (exact) mass is 378 g/mol. The Balaban J connectivity index is 1.89. The molecule has 0 aliphatic rings. The molecule has 0 bridgehead atoms. The Morgan fingerprint density at radius 2 is 2.09 bits per heavy atom. The second-order valence-corrected chi connectivity index (χ2v) is 5.93. The van der Waals surface area contributed by atoms with Crippen LogP contribution in [0.25, 0.3) is 0 Å². The highest BCUT2D eigenvalue weighted by molar-refractivity contribution is 9.10. The number of amides is 1. The number of carbonyl (C=O) groups is 1. The predicted molar refractivity (Wildman–Crippen MR) is 91.2 cm³/mol. The van der Waals surface area contributed by atoms with Crippen LogP contribution in [0.1, 0.15) is 16.7 Å². The van der Waals surface area contributed by atoms with Gasteiger partial charge in [-0.1, -0.05) is 28.1 Å². The van der Waals surface area contributed by atoms with Crippen molar-refractivity contribution >= 4 is 28.1 Å². The summed E-state index contributed by atoms with van der Waals surface area (Å²) >= 11 is 3.24. The highest BCUT2D eigenvalue weighted by Gasteiger charge is 2.05. The number of ether oxygens (including phenoxy) is 1. The van der Waals surface area contributed by atoms with Gasteiger partial charge in [-0.2, -0.15) is 5.10 Å². The number of benzene rings is 2. The van der Waals surface area contributed by atoms with Crippen LogP contribution < -0.4 is 10.2 Å². The Kier molecular flexibility index (Phi) is 5.87. The minimum absolute atomic E-state index is 0.164. The van der Waals surface area contributed by atoms with Crippen molar-refractivity contribution in [3.8, 4) is 5.75 Å². The second kappa shape index (κ2) is 7.87. The van der Waals surface area contributed by atoms with Crippen LogP contribution >= 0.6 is 15.9 Å². The third-order valence-corrected chi connectivity index (χ3v) is 3.55. The summed E-state index contributed by atoms with van der Waals surface area (Å²) in [4.78, 5) is 11.7. The highest BCUT2D eigenvalue weighted by Crippen LogP contribution is 2.18. The van der Waals surface area contributed by atoms with E-state index in [0.29, 0.717) is 5.75 Å². The lowest BCUT2D eigenvalue weighted by Crippen LogP contribution is -2.24. The summed E-state index contributed by atoms with van der Waals surface area (Å²) in [6.45, 7) is 3.69. The zero-order chi connectivity index (χ0) is 16.8. The summed E-state index contributed by atoms with van der Waals surface area (Å²) < 4.78 is 19.7. The Morgan fingerprint density at radius 3 is 2.87 bits per heavy atom. The van der Waals surface area contributed by atoms with Gasteiger partial charge in [0.25, 0.3) is 5.91 Å². The third-order valence-electron chi connectivity index (χ3n) is 3.05. The van der Waals surface area contributed by atoms with Crippen LogP contribution in [-0.2, 0) is 4.79 Å². The van der Waals surface area contributed by atoms with Crippen LogP contribution in [0.3, 0.4) is 0 Å². The Hall–Kier alpha value is -2.21. The zero-order valence-electron chi connectivity index (χ0n) is 12.8. The summed E-state index contributed by atoms with van der Waals surface area (Å²) in [7, 11) is 0. The van der Waals surface area contributed by atoms with Crippen molar-refractivity contribution in [2.24, 2.45) is 5.10 Å². The molecule has 0 atom stereocenters. The van der Waals surface area contributed by atoms with Gasteiger partial charge >= 0.3 is 0 Å². The fourth-order valence-electron chi connectivity index (χ4n) is 1.83. The predicted octanol–water partition coefficient (Wildman–Crippen LogP) is 3.73. The largest absolute Gasteiger partial charge is 0.483 e. The molecule has 4 nitrogen and oxygen atoms in total. The van der Waals surface area contributed by atoms with Crippen molar-refractivity contribution in [1.29, 1.82) is 0 Å². The van der Waals surface area contributed by atoms with Crippen molar-refractivity contribution in [3.63, 3.8) is 0 Å². The summed E-state index contributed by atoms with van der Waals surface area (Å²) in [5.41, 5.74) is 4.58. The van der Waals surface area contributed by atoms with Crippen LogP contribution in [0, 0.1) is 19.7 Å². The van der Waals surface area contributed by atoms with Gasteiger partial charge in [0.15, 0.2) is 6.61 Å². The van der Waals surface area contributed by atoms with E-state index in [1.807, 2.05) is 32.0 Å². The van der Waals surface area contributed by atoms with E-state index in [4.69, 9.17) is 4.74 Å². The van der Waals surface area contributed by atoms with Gasteiger partial charge in [0.1, 0.15) is 11.6 Å². The van der Waals surface area contributed by atoms with Crippen molar-refractivity contribution in [2.75, 3.05) is 6.61 Å². The third kappa shape index (κ3) is 5.17. The molecule has 0 spiro atoms. The Labute approximate surface area is 142 Å². The van der Waals surface area contributed by atoms with Crippen molar-refractivity contribution < 1.29 is 13.9 Å². The molecule has 0 saturated carbocycles. The summed E-state index contributed by atoms with van der Waals surface area (Å²) in [6.07, 6.45) is 1.25. The molecule has 23 heavy (non-hydrogen) atoms. The summed E-state index contributed by atoms with van der Waals surface area (Å²) in [5.74, 6) is -0.183. The van der Waals surface area contributed by atoms with Gasteiger partial charge < -0.3 is 4.74 Å². The normalized spacial score (nSPS) is 10.8. The van der Waals surface area contributed by atoms with Crippen LogP contribution in [0.5, 0.6) is 5.75 Å². The first-order valence-electron chi connectivity index (χ1n) is 6.92.